The van der Waals surface area contributed by atoms with Gasteiger partial charge in [0.05, 0.1) is 0 Å². The van der Waals surface area contributed by atoms with Gasteiger partial charge in [-0.2, -0.15) is 0 Å². The van der Waals surface area contributed by atoms with Gasteiger partial charge in [-0.15, -0.1) is 0 Å². The largest absolute Gasteiger partial charge is 0.313 e. The number of halogens is 1. The van der Waals surface area contributed by atoms with Crippen LogP contribution in [0.3, 0.4) is 0 Å². The van der Waals surface area contributed by atoms with Gasteiger partial charge in [-0.05, 0) is 76.0 Å². The van der Waals surface area contributed by atoms with Gasteiger partial charge in [0.25, 0.3) is 0 Å². The molecule has 0 spiro atoms. The Labute approximate surface area is 122 Å². The van der Waals surface area contributed by atoms with Crippen molar-refractivity contribution in [3.63, 3.8) is 0 Å². The normalized spacial score (nSPS) is 16.7. The Hall–Kier alpha value is -0.570. The van der Waals surface area contributed by atoms with Crippen molar-refractivity contribution in [1.29, 1.82) is 0 Å². The first-order chi connectivity index (χ1) is 9.34. The molecule has 1 fully saturated rings. The van der Waals surface area contributed by atoms with E-state index in [1.807, 2.05) is 12.1 Å². The van der Waals surface area contributed by atoms with E-state index in [0.29, 0.717) is 0 Å². The molecule has 3 heteroatoms. The van der Waals surface area contributed by atoms with Crippen molar-refractivity contribution in [1.82, 2.24) is 10.2 Å². The van der Waals surface area contributed by atoms with Crippen molar-refractivity contribution in [3.05, 3.63) is 41.3 Å². The SMILES string of the molecule is Clc1ccc(CNCCCCN2CC[CH]CC2)cc1. The number of benzene rings is 1. The lowest BCUT2D eigenvalue weighted by atomic mass is 10.1. The van der Waals surface area contributed by atoms with Gasteiger partial charge >= 0.3 is 0 Å². The lowest BCUT2D eigenvalue weighted by Crippen LogP contribution is -2.31. The summed E-state index contributed by atoms with van der Waals surface area (Å²) in [5.74, 6) is 0. The van der Waals surface area contributed by atoms with E-state index in [9.17, 15) is 0 Å². The molecule has 1 aromatic carbocycles. The summed E-state index contributed by atoms with van der Waals surface area (Å²) in [4.78, 5) is 2.58. The fourth-order valence-corrected chi connectivity index (χ4v) is 2.57. The Morgan fingerprint density at radius 1 is 1.05 bits per heavy atom. The molecule has 1 aliphatic rings. The smallest absolute Gasteiger partial charge is 0.0406 e. The third-order valence-electron chi connectivity index (χ3n) is 3.62. The molecule has 1 saturated heterocycles. The summed E-state index contributed by atoms with van der Waals surface area (Å²) in [5.41, 5.74) is 1.30. The number of piperidine rings is 1. The van der Waals surface area contributed by atoms with E-state index < -0.39 is 0 Å². The van der Waals surface area contributed by atoms with Crippen LogP contribution in [-0.4, -0.2) is 31.1 Å². The molecule has 105 valence electrons. The van der Waals surface area contributed by atoms with Crippen LogP contribution in [0, 0.1) is 6.42 Å². The molecule has 2 rings (SSSR count). The molecule has 0 atom stereocenters. The standard InChI is InChI=1S/C16H24ClN2/c17-16-8-6-15(7-9-16)14-18-10-2-5-13-19-11-3-1-4-12-19/h1,6-9,18H,2-5,10-14H2. The van der Waals surface area contributed by atoms with Gasteiger partial charge in [-0.3, -0.25) is 0 Å². The summed E-state index contributed by atoms with van der Waals surface area (Å²) in [6.45, 7) is 5.82. The number of nitrogens with zero attached hydrogens (tertiary/aromatic N) is 1. The molecule has 0 amide bonds. The minimum Gasteiger partial charge on any atom is -0.313 e. The zero-order chi connectivity index (χ0) is 13.3. The molecule has 1 aliphatic heterocycles. The summed E-state index contributed by atoms with van der Waals surface area (Å²) in [6, 6.07) is 8.07. The lowest BCUT2D eigenvalue weighted by molar-refractivity contribution is 0.249. The number of hydrogen-bond donors (Lipinski definition) is 1. The van der Waals surface area contributed by atoms with Gasteiger partial charge in [0.1, 0.15) is 0 Å². The van der Waals surface area contributed by atoms with Crippen LogP contribution in [0.15, 0.2) is 24.3 Å². The van der Waals surface area contributed by atoms with Crippen LogP contribution in [0.2, 0.25) is 5.02 Å². The van der Waals surface area contributed by atoms with Crippen LogP contribution in [0.5, 0.6) is 0 Å². The van der Waals surface area contributed by atoms with E-state index in [1.165, 1.54) is 50.9 Å². The third-order valence-corrected chi connectivity index (χ3v) is 3.87. The average Bonchev–Trinajstić information content (AvgIpc) is 2.46. The van der Waals surface area contributed by atoms with Crippen LogP contribution < -0.4 is 5.32 Å². The van der Waals surface area contributed by atoms with E-state index in [1.54, 1.807) is 0 Å². The highest BCUT2D eigenvalue weighted by atomic mass is 35.5. The number of rotatable bonds is 7. The second-order valence-corrected chi connectivity index (χ2v) is 5.65. The van der Waals surface area contributed by atoms with Gasteiger partial charge in [-0.25, -0.2) is 0 Å². The highest BCUT2D eigenvalue weighted by Crippen LogP contribution is 2.10. The van der Waals surface area contributed by atoms with Crippen molar-refractivity contribution < 1.29 is 0 Å². The van der Waals surface area contributed by atoms with Crippen molar-refractivity contribution in [2.45, 2.75) is 32.2 Å². The molecule has 0 saturated carbocycles. The predicted molar refractivity (Wildman–Crippen MR) is 82.4 cm³/mol. The maximum absolute atomic E-state index is 5.86. The summed E-state index contributed by atoms with van der Waals surface area (Å²) in [5, 5.41) is 4.30. The van der Waals surface area contributed by atoms with E-state index in [-0.39, 0.29) is 0 Å². The first-order valence-corrected chi connectivity index (χ1v) is 7.71. The van der Waals surface area contributed by atoms with Gasteiger partial charge in [0.2, 0.25) is 0 Å². The molecule has 0 unspecified atom stereocenters. The van der Waals surface area contributed by atoms with Crippen molar-refractivity contribution in [3.8, 4) is 0 Å². The number of nitrogens with one attached hydrogen (secondary N) is 1. The number of likely N-dealkylation sites (tertiary alicyclic amines) is 1. The Kier molecular flexibility index (Phi) is 6.69. The lowest BCUT2D eigenvalue weighted by Gasteiger charge is -2.26. The summed E-state index contributed by atoms with van der Waals surface area (Å²) in [7, 11) is 0. The van der Waals surface area contributed by atoms with E-state index in [0.717, 1.165) is 18.1 Å². The number of unbranched alkanes of at least 4 members (excludes halogenated alkanes) is 1. The maximum atomic E-state index is 5.86. The number of hydrogen-bond acceptors (Lipinski definition) is 2. The zero-order valence-electron chi connectivity index (χ0n) is 11.6. The first-order valence-electron chi connectivity index (χ1n) is 7.34. The molecule has 0 bridgehead atoms. The second kappa shape index (κ2) is 8.57. The third kappa shape index (κ3) is 5.94. The molecule has 0 aliphatic carbocycles. The molecule has 19 heavy (non-hydrogen) atoms. The second-order valence-electron chi connectivity index (χ2n) is 5.22. The van der Waals surface area contributed by atoms with Gasteiger partial charge < -0.3 is 10.2 Å². The van der Waals surface area contributed by atoms with Crippen LogP contribution in [-0.2, 0) is 6.54 Å². The summed E-state index contributed by atoms with van der Waals surface area (Å²) in [6.07, 6.45) is 7.51. The molecular weight excluding hydrogens is 256 g/mol. The van der Waals surface area contributed by atoms with Gasteiger partial charge in [0, 0.05) is 11.6 Å². The topological polar surface area (TPSA) is 15.3 Å². The summed E-state index contributed by atoms with van der Waals surface area (Å²) < 4.78 is 0. The minimum atomic E-state index is 0.808. The molecule has 1 radical (unpaired) electrons. The Morgan fingerprint density at radius 2 is 1.79 bits per heavy atom. The van der Waals surface area contributed by atoms with Gasteiger partial charge in [-0.1, -0.05) is 23.7 Å². The Balaban J connectivity index is 1.49. The summed E-state index contributed by atoms with van der Waals surface area (Å²) >= 11 is 5.86. The molecule has 1 heterocycles. The van der Waals surface area contributed by atoms with Crippen LogP contribution in [0.4, 0.5) is 0 Å². The quantitative estimate of drug-likeness (QED) is 0.769. The highest BCUT2D eigenvalue weighted by Gasteiger charge is 2.08. The van der Waals surface area contributed by atoms with Crippen molar-refractivity contribution in [2.24, 2.45) is 0 Å². The Bertz CT molecular complexity index is 344. The molecule has 2 nitrogen and oxygen atoms in total. The molecular formula is C16H24ClN2. The molecule has 1 N–H and O–H groups in total. The van der Waals surface area contributed by atoms with E-state index in [4.69, 9.17) is 11.6 Å². The first kappa shape index (κ1) is 14.8. The van der Waals surface area contributed by atoms with E-state index in [2.05, 4.69) is 28.8 Å². The zero-order valence-corrected chi connectivity index (χ0v) is 12.3. The average molecular weight is 280 g/mol. The van der Waals surface area contributed by atoms with Crippen LogP contribution in [0.25, 0.3) is 0 Å². The minimum absolute atomic E-state index is 0.808. The van der Waals surface area contributed by atoms with Crippen LogP contribution >= 0.6 is 11.6 Å². The van der Waals surface area contributed by atoms with E-state index >= 15 is 0 Å². The van der Waals surface area contributed by atoms with Crippen LogP contribution in [0.1, 0.15) is 31.2 Å². The Morgan fingerprint density at radius 3 is 2.53 bits per heavy atom. The van der Waals surface area contributed by atoms with Crippen molar-refractivity contribution in [2.75, 3.05) is 26.2 Å². The molecule has 0 aromatic heterocycles. The highest BCUT2D eigenvalue weighted by molar-refractivity contribution is 6.30. The van der Waals surface area contributed by atoms with Crippen molar-refractivity contribution >= 4 is 11.6 Å². The fourth-order valence-electron chi connectivity index (χ4n) is 2.45. The predicted octanol–water partition coefficient (Wildman–Crippen LogP) is 3.51. The monoisotopic (exact) mass is 279 g/mol. The molecule has 1 aromatic rings. The van der Waals surface area contributed by atoms with Gasteiger partial charge in [0.15, 0.2) is 0 Å². The fraction of sp³-hybridized carbons (Fsp3) is 0.562. The maximum Gasteiger partial charge on any atom is 0.0406 e.